The van der Waals surface area contributed by atoms with Crippen LogP contribution in [0.25, 0.3) is 0 Å². The van der Waals surface area contributed by atoms with Gasteiger partial charge in [0.25, 0.3) is 0 Å². The molecule has 0 atom stereocenters. The van der Waals surface area contributed by atoms with E-state index in [2.05, 4.69) is 10.2 Å². The van der Waals surface area contributed by atoms with Crippen LogP contribution in [0.5, 0.6) is 0 Å². The number of anilines is 1. The van der Waals surface area contributed by atoms with Crippen LogP contribution in [0.1, 0.15) is 5.56 Å². The van der Waals surface area contributed by atoms with E-state index in [9.17, 15) is 4.79 Å². The Hall–Kier alpha value is -2.04. The molecule has 0 saturated heterocycles. The minimum atomic E-state index is -0.207. The Morgan fingerprint density at radius 1 is 1.36 bits per heavy atom. The summed E-state index contributed by atoms with van der Waals surface area (Å²) in [5.41, 5.74) is 7.07. The van der Waals surface area contributed by atoms with E-state index in [1.165, 1.54) is 10.9 Å². The van der Waals surface area contributed by atoms with Crippen LogP contribution in [-0.2, 0) is 6.54 Å². The SMILES string of the molecule is Nc1ccc(Cn2cn[nH]c2=O)cc1. The maximum Gasteiger partial charge on any atom is 0.343 e. The van der Waals surface area contributed by atoms with Crippen LogP contribution in [0.4, 0.5) is 5.69 Å². The largest absolute Gasteiger partial charge is 0.399 e. The molecule has 0 spiro atoms. The van der Waals surface area contributed by atoms with Crippen LogP contribution in [0, 0.1) is 0 Å². The molecule has 2 aromatic rings. The molecular formula is C9H10N4O. The number of benzene rings is 1. The fourth-order valence-corrected chi connectivity index (χ4v) is 1.20. The Morgan fingerprint density at radius 3 is 2.64 bits per heavy atom. The lowest BCUT2D eigenvalue weighted by atomic mass is 10.2. The maximum absolute atomic E-state index is 11.1. The third kappa shape index (κ3) is 1.66. The lowest BCUT2D eigenvalue weighted by Gasteiger charge is -2.00. The van der Waals surface area contributed by atoms with Crippen molar-refractivity contribution in [3.8, 4) is 0 Å². The molecule has 0 aliphatic heterocycles. The smallest absolute Gasteiger partial charge is 0.343 e. The standard InChI is InChI=1S/C9H10N4O/c10-8-3-1-7(2-4-8)5-13-6-11-12-9(13)14/h1-4,6H,5,10H2,(H,12,14). The summed E-state index contributed by atoms with van der Waals surface area (Å²) in [5.74, 6) is 0. The van der Waals surface area contributed by atoms with Gasteiger partial charge in [-0.1, -0.05) is 12.1 Å². The van der Waals surface area contributed by atoms with Gasteiger partial charge in [-0.25, -0.2) is 9.89 Å². The van der Waals surface area contributed by atoms with Gasteiger partial charge in [0, 0.05) is 5.69 Å². The van der Waals surface area contributed by atoms with E-state index >= 15 is 0 Å². The van der Waals surface area contributed by atoms with Crippen LogP contribution in [0.2, 0.25) is 0 Å². The number of nitrogen functional groups attached to an aromatic ring is 1. The van der Waals surface area contributed by atoms with E-state index in [4.69, 9.17) is 5.73 Å². The van der Waals surface area contributed by atoms with E-state index in [0.717, 1.165) is 5.56 Å². The lowest BCUT2D eigenvalue weighted by molar-refractivity contribution is 0.761. The summed E-state index contributed by atoms with van der Waals surface area (Å²) < 4.78 is 1.49. The van der Waals surface area contributed by atoms with Crippen LogP contribution < -0.4 is 11.4 Å². The van der Waals surface area contributed by atoms with Crippen LogP contribution in [-0.4, -0.2) is 14.8 Å². The molecule has 1 heterocycles. The molecule has 1 aromatic heterocycles. The number of nitrogens with zero attached hydrogens (tertiary/aromatic N) is 2. The summed E-state index contributed by atoms with van der Waals surface area (Å²) in [6, 6.07) is 7.38. The summed E-state index contributed by atoms with van der Waals surface area (Å²) in [7, 11) is 0. The topological polar surface area (TPSA) is 76.7 Å². The van der Waals surface area contributed by atoms with Crippen molar-refractivity contribution in [2.24, 2.45) is 0 Å². The Morgan fingerprint density at radius 2 is 2.07 bits per heavy atom. The van der Waals surface area contributed by atoms with Gasteiger partial charge in [0.05, 0.1) is 6.54 Å². The van der Waals surface area contributed by atoms with E-state index in [0.29, 0.717) is 12.2 Å². The van der Waals surface area contributed by atoms with E-state index < -0.39 is 0 Å². The monoisotopic (exact) mass is 190 g/mol. The second-order valence-electron chi connectivity index (χ2n) is 3.03. The zero-order valence-corrected chi connectivity index (χ0v) is 7.47. The molecule has 0 aliphatic carbocycles. The molecule has 0 aliphatic rings. The van der Waals surface area contributed by atoms with Crippen molar-refractivity contribution in [2.45, 2.75) is 6.54 Å². The fraction of sp³-hybridized carbons (Fsp3) is 0.111. The van der Waals surface area contributed by atoms with Crippen molar-refractivity contribution in [2.75, 3.05) is 5.73 Å². The van der Waals surface area contributed by atoms with E-state index in [1.54, 1.807) is 12.1 Å². The zero-order chi connectivity index (χ0) is 9.97. The predicted octanol–water partition coefficient (Wildman–Crippen LogP) is 0.202. The van der Waals surface area contributed by atoms with Crippen molar-refractivity contribution < 1.29 is 0 Å². The molecule has 0 radical (unpaired) electrons. The third-order valence-corrected chi connectivity index (χ3v) is 1.95. The molecule has 1 aromatic carbocycles. The maximum atomic E-state index is 11.1. The Balaban J connectivity index is 2.23. The highest BCUT2D eigenvalue weighted by Crippen LogP contribution is 2.05. The van der Waals surface area contributed by atoms with Gasteiger partial charge in [-0.05, 0) is 17.7 Å². The van der Waals surface area contributed by atoms with Crippen LogP contribution in [0.3, 0.4) is 0 Å². The first-order valence-electron chi connectivity index (χ1n) is 4.20. The highest BCUT2D eigenvalue weighted by Gasteiger charge is 1.98. The number of nitrogens with two attached hydrogens (primary N) is 1. The zero-order valence-electron chi connectivity index (χ0n) is 7.47. The quantitative estimate of drug-likeness (QED) is 0.664. The minimum absolute atomic E-state index is 0.207. The molecule has 72 valence electrons. The second kappa shape index (κ2) is 3.37. The minimum Gasteiger partial charge on any atom is -0.399 e. The van der Waals surface area contributed by atoms with Crippen molar-refractivity contribution in [1.82, 2.24) is 14.8 Å². The Labute approximate surface area is 80.2 Å². The van der Waals surface area contributed by atoms with Gasteiger partial charge < -0.3 is 5.73 Å². The number of hydrogen-bond acceptors (Lipinski definition) is 3. The third-order valence-electron chi connectivity index (χ3n) is 1.95. The summed E-state index contributed by atoms with van der Waals surface area (Å²) in [4.78, 5) is 11.1. The molecule has 14 heavy (non-hydrogen) atoms. The number of nitrogens with one attached hydrogen (secondary N) is 1. The van der Waals surface area contributed by atoms with Gasteiger partial charge in [0.2, 0.25) is 0 Å². The Kier molecular flexibility index (Phi) is 2.06. The van der Waals surface area contributed by atoms with Gasteiger partial charge >= 0.3 is 5.69 Å². The van der Waals surface area contributed by atoms with Gasteiger partial charge in [-0.15, -0.1) is 0 Å². The summed E-state index contributed by atoms with van der Waals surface area (Å²) >= 11 is 0. The second-order valence-corrected chi connectivity index (χ2v) is 3.03. The first kappa shape index (κ1) is 8.55. The van der Waals surface area contributed by atoms with Gasteiger partial charge in [0.1, 0.15) is 6.33 Å². The number of rotatable bonds is 2. The predicted molar refractivity (Wildman–Crippen MR) is 52.8 cm³/mol. The molecule has 5 heteroatoms. The van der Waals surface area contributed by atoms with Gasteiger partial charge in [-0.2, -0.15) is 5.10 Å². The Bertz CT molecular complexity index is 468. The summed E-state index contributed by atoms with van der Waals surface area (Å²) in [5, 5.41) is 5.97. The average molecular weight is 190 g/mol. The van der Waals surface area contributed by atoms with Crippen molar-refractivity contribution in [3.05, 3.63) is 46.6 Å². The van der Waals surface area contributed by atoms with Crippen LogP contribution >= 0.6 is 0 Å². The molecule has 5 nitrogen and oxygen atoms in total. The first-order chi connectivity index (χ1) is 6.75. The fourth-order valence-electron chi connectivity index (χ4n) is 1.20. The normalized spacial score (nSPS) is 10.3. The van der Waals surface area contributed by atoms with Crippen LogP contribution in [0.15, 0.2) is 35.4 Å². The van der Waals surface area contributed by atoms with Gasteiger partial charge in [-0.3, -0.25) is 4.57 Å². The first-order valence-corrected chi connectivity index (χ1v) is 4.20. The number of aromatic amines is 1. The van der Waals surface area contributed by atoms with E-state index in [1.807, 2.05) is 12.1 Å². The van der Waals surface area contributed by atoms with Crippen molar-refractivity contribution >= 4 is 5.69 Å². The number of H-pyrrole nitrogens is 1. The molecule has 0 saturated carbocycles. The molecule has 0 unspecified atom stereocenters. The van der Waals surface area contributed by atoms with E-state index in [-0.39, 0.29) is 5.69 Å². The van der Waals surface area contributed by atoms with Gasteiger partial charge in [0.15, 0.2) is 0 Å². The molecule has 0 amide bonds. The molecule has 3 N–H and O–H groups in total. The molecular weight excluding hydrogens is 180 g/mol. The van der Waals surface area contributed by atoms with Crippen molar-refractivity contribution in [1.29, 1.82) is 0 Å². The average Bonchev–Trinajstić information content (AvgIpc) is 2.56. The number of aromatic nitrogens is 3. The molecule has 0 bridgehead atoms. The van der Waals surface area contributed by atoms with Crippen molar-refractivity contribution in [3.63, 3.8) is 0 Å². The highest BCUT2D eigenvalue weighted by molar-refractivity contribution is 5.39. The molecule has 2 rings (SSSR count). The molecule has 0 fully saturated rings. The summed E-state index contributed by atoms with van der Waals surface area (Å²) in [6.07, 6.45) is 1.47. The highest BCUT2D eigenvalue weighted by atomic mass is 16.1. The summed E-state index contributed by atoms with van der Waals surface area (Å²) in [6.45, 7) is 0.510. The number of hydrogen-bond donors (Lipinski definition) is 2. The lowest BCUT2D eigenvalue weighted by Crippen LogP contribution is -2.16.